The molecular weight excluding hydrogens is 230 g/mol. The van der Waals surface area contributed by atoms with Crippen molar-refractivity contribution in [3.63, 3.8) is 0 Å². The van der Waals surface area contributed by atoms with Gasteiger partial charge in [-0.3, -0.25) is 0 Å². The Kier molecular flexibility index (Phi) is 3.45. The molecule has 5 heteroatoms. The molecule has 1 atom stereocenters. The maximum atomic E-state index is 9.29. The first-order valence-corrected chi connectivity index (χ1v) is 6.17. The molecule has 1 aromatic rings. The van der Waals surface area contributed by atoms with E-state index < -0.39 is 0 Å². The van der Waals surface area contributed by atoms with Gasteiger partial charge in [0.25, 0.3) is 0 Å². The van der Waals surface area contributed by atoms with E-state index in [9.17, 15) is 5.11 Å². The summed E-state index contributed by atoms with van der Waals surface area (Å²) in [6.07, 6.45) is 1.60. The lowest BCUT2D eigenvalue weighted by Crippen LogP contribution is -2.54. The van der Waals surface area contributed by atoms with Crippen molar-refractivity contribution in [2.75, 3.05) is 30.3 Å². The molecule has 3 N–H and O–H groups in total. The minimum atomic E-state index is -0.299. The largest absolute Gasteiger partial charge is 0.398 e. The van der Waals surface area contributed by atoms with Crippen molar-refractivity contribution < 1.29 is 9.84 Å². The summed E-state index contributed by atoms with van der Waals surface area (Å²) in [6, 6.07) is 1.88. The lowest BCUT2D eigenvalue weighted by Gasteiger charge is -2.42. The molecule has 0 amide bonds. The number of morpholine rings is 1. The quantitative estimate of drug-likeness (QED) is 0.818. The van der Waals surface area contributed by atoms with Gasteiger partial charge in [0.05, 0.1) is 18.3 Å². The van der Waals surface area contributed by atoms with Crippen molar-refractivity contribution in [1.82, 2.24) is 4.98 Å². The van der Waals surface area contributed by atoms with Crippen LogP contribution in [0, 0.1) is 6.92 Å². The van der Waals surface area contributed by atoms with Gasteiger partial charge in [-0.05, 0) is 26.3 Å². The highest BCUT2D eigenvalue weighted by Gasteiger charge is 2.33. The molecule has 1 fully saturated rings. The number of aliphatic hydroxyl groups is 1. The molecule has 0 aliphatic carbocycles. The molecule has 1 saturated heterocycles. The van der Waals surface area contributed by atoms with Gasteiger partial charge in [0.1, 0.15) is 5.82 Å². The Labute approximate surface area is 108 Å². The predicted octanol–water partition coefficient (Wildman–Crippen LogP) is 0.948. The smallest absolute Gasteiger partial charge is 0.130 e. The third-order valence-electron chi connectivity index (χ3n) is 3.14. The number of nitrogens with zero attached hydrogens (tertiary/aromatic N) is 2. The summed E-state index contributed by atoms with van der Waals surface area (Å²) < 4.78 is 5.78. The van der Waals surface area contributed by atoms with Crippen molar-refractivity contribution in [2.24, 2.45) is 0 Å². The summed E-state index contributed by atoms with van der Waals surface area (Å²) >= 11 is 0. The Bertz CT molecular complexity index is 434. The molecule has 2 rings (SSSR count). The van der Waals surface area contributed by atoms with Crippen LogP contribution in [-0.2, 0) is 4.74 Å². The van der Waals surface area contributed by atoms with Gasteiger partial charge < -0.3 is 20.5 Å². The van der Waals surface area contributed by atoms with Crippen LogP contribution in [0.15, 0.2) is 12.3 Å². The maximum absolute atomic E-state index is 9.29. The summed E-state index contributed by atoms with van der Waals surface area (Å²) in [6.45, 7) is 7.35. The van der Waals surface area contributed by atoms with Crippen LogP contribution in [0.25, 0.3) is 0 Å². The van der Waals surface area contributed by atoms with Crippen molar-refractivity contribution in [3.8, 4) is 0 Å². The number of nitrogens with two attached hydrogens (primary N) is 1. The second-order valence-electron chi connectivity index (χ2n) is 5.46. The van der Waals surface area contributed by atoms with Gasteiger partial charge in [0.2, 0.25) is 0 Å². The van der Waals surface area contributed by atoms with Gasteiger partial charge in [-0.2, -0.15) is 0 Å². The van der Waals surface area contributed by atoms with E-state index in [1.165, 1.54) is 0 Å². The molecule has 1 aromatic heterocycles. The van der Waals surface area contributed by atoms with Gasteiger partial charge in [-0.15, -0.1) is 0 Å². The zero-order chi connectivity index (χ0) is 13.3. The maximum Gasteiger partial charge on any atom is 0.130 e. The Balaban J connectivity index is 2.23. The molecule has 1 aliphatic rings. The molecule has 0 aromatic carbocycles. The van der Waals surface area contributed by atoms with Crippen LogP contribution in [0.2, 0.25) is 0 Å². The number of aryl methyl sites for hydroxylation is 1. The molecular formula is C13H21N3O2. The van der Waals surface area contributed by atoms with Crippen molar-refractivity contribution >= 4 is 11.5 Å². The van der Waals surface area contributed by atoms with Gasteiger partial charge in [-0.25, -0.2) is 4.98 Å². The Morgan fingerprint density at radius 2 is 2.33 bits per heavy atom. The number of anilines is 2. The van der Waals surface area contributed by atoms with Crippen LogP contribution in [0.1, 0.15) is 19.4 Å². The van der Waals surface area contributed by atoms with Gasteiger partial charge in [0, 0.05) is 31.0 Å². The Morgan fingerprint density at radius 1 is 1.61 bits per heavy atom. The standard InChI is InChI=1S/C13H21N3O2/c1-9-5-15-12(4-11(9)14)16-6-10(7-17)18-13(2,3)8-16/h4-5,10,17H,6-8H2,1-3H3,(H2,14,15). The number of hydrogen-bond acceptors (Lipinski definition) is 5. The van der Waals surface area contributed by atoms with E-state index in [1.54, 1.807) is 6.20 Å². The minimum Gasteiger partial charge on any atom is -0.398 e. The van der Waals surface area contributed by atoms with Gasteiger partial charge in [0.15, 0.2) is 0 Å². The lowest BCUT2D eigenvalue weighted by molar-refractivity contribution is -0.101. The number of nitrogen functional groups attached to an aromatic ring is 1. The van der Waals surface area contributed by atoms with Crippen molar-refractivity contribution in [1.29, 1.82) is 0 Å². The predicted molar refractivity (Wildman–Crippen MR) is 71.6 cm³/mol. The summed E-state index contributed by atoms with van der Waals surface area (Å²) in [7, 11) is 0. The van der Waals surface area contributed by atoms with Crippen molar-refractivity contribution in [2.45, 2.75) is 32.5 Å². The normalized spacial score (nSPS) is 23.1. The lowest BCUT2D eigenvalue weighted by atomic mass is 10.1. The second-order valence-corrected chi connectivity index (χ2v) is 5.46. The molecule has 1 unspecified atom stereocenters. The highest BCUT2D eigenvalue weighted by molar-refractivity contribution is 5.55. The van der Waals surface area contributed by atoms with E-state index in [-0.39, 0.29) is 18.3 Å². The summed E-state index contributed by atoms with van der Waals surface area (Å²) in [5.74, 6) is 0.841. The first-order valence-electron chi connectivity index (χ1n) is 6.17. The van der Waals surface area contributed by atoms with Gasteiger partial charge >= 0.3 is 0 Å². The first-order chi connectivity index (χ1) is 8.41. The Morgan fingerprint density at radius 3 is 2.94 bits per heavy atom. The molecule has 5 nitrogen and oxygen atoms in total. The van der Waals surface area contributed by atoms with Crippen LogP contribution < -0.4 is 10.6 Å². The highest BCUT2D eigenvalue weighted by atomic mass is 16.5. The van der Waals surface area contributed by atoms with E-state index in [0.29, 0.717) is 6.54 Å². The number of hydrogen-bond donors (Lipinski definition) is 2. The van der Waals surface area contributed by atoms with Gasteiger partial charge in [-0.1, -0.05) is 0 Å². The van der Waals surface area contributed by atoms with Crippen LogP contribution in [-0.4, -0.2) is 41.5 Å². The molecule has 0 saturated carbocycles. The third-order valence-corrected chi connectivity index (χ3v) is 3.14. The van der Waals surface area contributed by atoms with Crippen LogP contribution in [0.4, 0.5) is 11.5 Å². The number of rotatable bonds is 2. The third kappa shape index (κ3) is 2.73. The van der Waals surface area contributed by atoms with Crippen LogP contribution >= 0.6 is 0 Å². The van der Waals surface area contributed by atoms with Crippen molar-refractivity contribution in [3.05, 3.63) is 17.8 Å². The number of pyridine rings is 1. The van der Waals surface area contributed by atoms with Crippen LogP contribution in [0.3, 0.4) is 0 Å². The SMILES string of the molecule is Cc1cnc(N2CC(CO)OC(C)(C)C2)cc1N. The molecule has 1 aliphatic heterocycles. The van der Waals surface area contributed by atoms with E-state index in [4.69, 9.17) is 10.5 Å². The fourth-order valence-electron chi connectivity index (χ4n) is 2.27. The zero-order valence-electron chi connectivity index (χ0n) is 11.2. The fraction of sp³-hybridized carbons (Fsp3) is 0.615. The molecule has 2 heterocycles. The van der Waals surface area contributed by atoms with E-state index in [1.807, 2.05) is 26.8 Å². The topological polar surface area (TPSA) is 71.6 Å². The first kappa shape index (κ1) is 13.1. The Hall–Kier alpha value is -1.33. The van der Waals surface area contributed by atoms with E-state index in [2.05, 4.69) is 9.88 Å². The minimum absolute atomic E-state index is 0.0152. The summed E-state index contributed by atoms with van der Waals surface area (Å²) in [4.78, 5) is 6.52. The molecule has 0 radical (unpaired) electrons. The fourth-order valence-corrected chi connectivity index (χ4v) is 2.27. The highest BCUT2D eigenvalue weighted by Crippen LogP contribution is 2.26. The van der Waals surface area contributed by atoms with E-state index in [0.717, 1.165) is 23.6 Å². The average molecular weight is 251 g/mol. The molecule has 100 valence electrons. The summed E-state index contributed by atoms with van der Waals surface area (Å²) in [5, 5.41) is 9.29. The molecule has 18 heavy (non-hydrogen) atoms. The second kappa shape index (κ2) is 4.74. The van der Waals surface area contributed by atoms with Crippen LogP contribution in [0.5, 0.6) is 0 Å². The monoisotopic (exact) mass is 251 g/mol. The average Bonchev–Trinajstić information content (AvgIpc) is 2.30. The number of aliphatic hydroxyl groups excluding tert-OH is 1. The van der Waals surface area contributed by atoms with E-state index >= 15 is 0 Å². The zero-order valence-corrected chi connectivity index (χ0v) is 11.2. The number of aromatic nitrogens is 1. The molecule has 0 spiro atoms. The number of ether oxygens (including phenoxy) is 1. The molecule has 0 bridgehead atoms. The summed E-state index contributed by atoms with van der Waals surface area (Å²) in [5.41, 5.74) is 7.33.